The van der Waals surface area contributed by atoms with Crippen LogP contribution in [0.5, 0.6) is 0 Å². The van der Waals surface area contributed by atoms with Crippen LogP contribution in [0.3, 0.4) is 0 Å². The molecule has 0 aliphatic heterocycles. The lowest BCUT2D eigenvalue weighted by Crippen LogP contribution is -2.00. The molecule has 0 aromatic rings. The lowest BCUT2D eigenvalue weighted by molar-refractivity contribution is 0.509. The van der Waals surface area contributed by atoms with Gasteiger partial charge in [-0.05, 0) is 54.6 Å². The molecule has 1 unspecified atom stereocenters. The van der Waals surface area contributed by atoms with E-state index >= 15 is 0 Å². The Hall–Kier alpha value is -1.63. The van der Waals surface area contributed by atoms with Crippen LogP contribution in [0.2, 0.25) is 0 Å². The highest BCUT2D eigenvalue weighted by molar-refractivity contribution is 5.66. The molecule has 0 radical (unpaired) electrons. The minimum Gasteiger partial charge on any atom is -0.246 e. The van der Waals surface area contributed by atoms with Gasteiger partial charge in [0.15, 0.2) is 0 Å². The molecule has 0 bridgehead atoms. The average Bonchev–Trinajstić information content (AvgIpc) is 2.95. The summed E-state index contributed by atoms with van der Waals surface area (Å²) in [7, 11) is 0. The van der Waals surface area contributed by atoms with Gasteiger partial charge in [-0.15, -0.1) is 0 Å². The number of allylic oxidation sites excluding steroid dienone is 11. The normalized spacial score (nSPS) is 25.4. The summed E-state index contributed by atoms with van der Waals surface area (Å²) in [5, 5.41) is 0. The minimum absolute atomic E-state index is 0.284. The predicted molar refractivity (Wildman–Crippen MR) is 80.7 cm³/mol. The Morgan fingerprint density at radius 1 is 1.26 bits per heavy atom. The molecule has 1 heteroatoms. The lowest BCUT2D eigenvalue weighted by atomic mass is 9.97. The summed E-state index contributed by atoms with van der Waals surface area (Å²) >= 11 is 0. The first-order chi connectivity index (χ1) is 9.28. The van der Waals surface area contributed by atoms with E-state index in [-0.39, 0.29) is 12.6 Å². The molecule has 1 saturated carbocycles. The number of fused-ring (bicyclic) bond motifs is 1. The Kier molecular flexibility index (Phi) is 4.36. The van der Waals surface area contributed by atoms with Gasteiger partial charge in [0.1, 0.15) is 6.67 Å². The maximum Gasteiger partial charge on any atom is 0.112 e. The second kappa shape index (κ2) is 6.01. The monoisotopic (exact) mass is 256 g/mol. The average molecular weight is 256 g/mol. The van der Waals surface area contributed by atoms with E-state index in [0.717, 1.165) is 24.0 Å². The Morgan fingerprint density at radius 3 is 2.63 bits per heavy atom. The van der Waals surface area contributed by atoms with Gasteiger partial charge in [-0.1, -0.05) is 43.0 Å². The number of rotatable bonds is 4. The third kappa shape index (κ3) is 2.30. The van der Waals surface area contributed by atoms with E-state index in [1.807, 2.05) is 25.2 Å². The van der Waals surface area contributed by atoms with E-state index in [2.05, 4.69) is 25.7 Å². The number of hydrogen-bond acceptors (Lipinski definition) is 0. The van der Waals surface area contributed by atoms with Gasteiger partial charge in [-0.25, -0.2) is 4.39 Å². The van der Waals surface area contributed by atoms with Crippen molar-refractivity contribution in [3.05, 3.63) is 70.9 Å². The van der Waals surface area contributed by atoms with Gasteiger partial charge < -0.3 is 0 Å². The van der Waals surface area contributed by atoms with E-state index in [0.29, 0.717) is 0 Å². The first kappa shape index (κ1) is 13.8. The van der Waals surface area contributed by atoms with Crippen LogP contribution < -0.4 is 0 Å². The van der Waals surface area contributed by atoms with E-state index in [1.165, 1.54) is 16.7 Å². The van der Waals surface area contributed by atoms with Gasteiger partial charge in [0, 0.05) is 5.92 Å². The zero-order chi connectivity index (χ0) is 13.8. The third-order valence-corrected chi connectivity index (χ3v) is 3.97. The highest BCUT2D eigenvalue weighted by Gasteiger charge is 2.36. The van der Waals surface area contributed by atoms with Crippen molar-refractivity contribution in [2.45, 2.75) is 26.7 Å². The third-order valence-electron chi connectivity index (χ3n) is 3.97. The van der Waals surface area contributed by atoms with Crippen molar-refractivity contribution in [3.63, 3.8) is 0 Å². The molecule has 0 amide bonds. The number of hydrogen-bond donors (Lipinski definition) is 0. The van der Waals surface area contributed by atoms with Crippen LogP contribution in [0, 0.1) is 5.92 Å². The van der Waals surface area contributed by atoms with Crippen molar-refractivity contribution in [2.75, 3.05) is 6.67 Å². The van der Waals surface area contributed by atoms with Crippen LogP contribution in [0.4, 0.5) is 4.39 Å². The second-order valence-electron chi connectivity index (χ2n) is 4.90. The molecule has 1 fully saturated rings. The molecule has 2 aliphatic carbocycles. The molecular formula is C18H21F. The Morgan fingerprint density at radius 2 is 2.05 bits per heavy atom. The van der Waals surface area contributed by atoms with Crippen molar-refractivity contribution >= 4 is 0 Å². The van der Waals surface area contributed by atoms with Gasteiger partial charge >= 0.3 is 0 Å². The summed E-state index contributed by atoms with van der Waals surface area (Å²) in [5.41, 5.74) is 5.91. The molecule has 0 aromatic heterocycles. The zero-order valence-electron chi connectivity index (χ0n) is 11.7. The lowest BCUT2D eigenvalue weighted by Gasteiger charge is -2.08. The summed E-state index contributed by atoms with van der Waals surface area (Å²) < 4.78 is 13.5. The summed E-state index contributed by atoms with van der Waals surface area (Å²) in [6.45, 7) is 7.42. The molecule has 2 rings (SSSR count). The van der Waals surface area contributed by atoms with E-state index in [1.54, 1.807) is 6.08 Å². The van der Waals surface area contributed by atoms with E-state index in [4.69, 9.17) is 0 Å². The maximum atomic E-state index is 13.5. The smallest absolute Gasteiger partial charge is 0.112 e. The van der Waals surface area contributed by atoms with E-state index < -0.39 is 0 Å². The number of alkyl halides is 1. The van der Waals surface area contributed by atoms with Crippen LogP contribution in [-0.2, 0) is 0 Å². The molecule has 0 aromatic carbocycles. The fourth-order valence-electron chi connectivity index (χ4n) is 3.19. The van der Waals surface area contributed by atoms with Crippen LogP contribution in [0.1, 0.15) is 26.7 Å². The maximum absolute atomic E-state index is 13.5. The molecule has 0 N–H and O–H groups in total. The van der Waals surface area contributed by atoms with Gasteiger partial charge in [0.2, 0.25) is 0 Å². The van der Waals surface area contributed by atoms with Gasteiger partial charge in [0.25, 0.3) is 0 Å². The molecule has 19 heavy (non-hydrogen) atoms. The van der Waals surface area contributed by atoms with Gasteiger partial charge in [-0.2, -0.15) is 0 Å². The predicted octanol–water partition coefficient (Wildman–Crippen LogP) is 5.24. The van der Waals surface area contributed by atoms with Crippen LogP contribution in [-0.4, -0.2) is 6.67 Å². The van der Waals surface area contributed by atoms with Crippen LogP contribution in [0.15, 0.2) is 70.9 Å². The molecular weight excluding hydrogens is 235 g/mol. The van der Waals surface area contributed by atoms with Crippen LogP contribution >= 0.6 is 0 Å². The zero-order valence-corrected chi connectivity index (χ0v) is 11.7. The summed E-state index contributed by atoms with van der Waals surface area (Å²) in [4.78, 5) is 0. The Bertz CT molecular complexity index is 524. The minimum atomic E-state index is -0.351. The van der Waals surface area contributed by atoms with Crippen molar-refractivity contribution < 1.29 is 4.39 Å². The highest BCUT2D eigenvalue weighted by Crippen LogP contribution is 2.50. The van der Waals surface area contributed by atoms with Gasteiger partial charge in [-0.3, -0.25) is 0 Å². The highest BCUT2D eigenvalue weighted by atomic mass is 19.1. The van der Waals surface area contributed by atoms with Gasteiger partial charge in [0.05, 0.1) is 0 Å². The van der Waals surface area contributed by atoms with Crippen molar-refractivity contribution in [3.8, 4) is 0 Å². The summed E-state index contributed by atoms with van der Waals surface area (Å²) in [5.74, 6) is 0.284. The standard InChI is InChI=1S/C18H21F/c1-4-7-9-15-14(8-5-2)17(12-19)16-11-10-13(6-3)18(15)16/h4-9,16H,1,10-12H2,2-3H3/b8-5-,9-7-,13-6-. The fraction of sp³-hybridized carbons (Fsp3) is 0.333. The van der Waals surface area contributed by atoms with Crippen molar-refractivity contribution in [1.82, 2.24) is 0 Å². The largest absolute Gasteiger partial charge is 0.246 e. The molecule has 2 aliphatic rings. The molecule has 1 atom stereocenters. The second-order valence-corrected chi connectivity index (χ2v) is 4.90. The fourth-order valence-corrected chi connectivity index (χ4v) is 3.19. The van der Waals surface area contributed by atoms with Crippen LogP contribution in [0.25, 0.3) is 0 Å². The van der Waals surface area contributed by atoms with E-state index in [9.17, 15) is 4.39 Å². The van der Waals surface area contributed by atoms with Crippen molar-refractivity contribution in [2.24, 2.45) is 5.92 Å². The first-order valence-electron chi connectivity index (χ1n) is 6.89. The van der Waals surface area contributed by atoms with Crippen molar-refractivity contribution in [1.29, 1.82) is 0 Å². The summed E-state index contributed by atoms with van der Waals surface area (Å²) in [6, 6.07) is 0. The molecule has 0 spiro atoms. The molecule has 0 saturated heterocycles. The topological polar surface area (TPSA) is 0 Å². The SMILES string of the molecule is C=C/C=C\C1=C2C(=C\C)/CCC2C(CF)=C1/C=C\C. The molecule has 0 heterocycles. The first-order valence-corrected chi connectivity index (χ1v) is 6.89. The molecule has 100 valence electrons. The Balaban J connectivity index is 2.60. The molecule has 0 nitrogen and oxygen atoms in total. The quantitative estimate of drug-likeness (QED) is 0.604. The number of halogens is 1. The summed E-state index contributed by atoms with van der Waals surface area (Å²) in [6.07, 6.45) is 14.1. The Labute approximate surface area is 115 Å².